The summed E-state index contributed by atoms with van der Waals surface area (Å²) in [5.41, 5.74) is 3.33. The van der Waals surface area contributed by atoms with E-state index in [9.17, 15) is 4.79 Å². The Hall–Kier alpha value is -2.49. The van der Waals surface area contributed by atoms with Crippen LogP contribution in [-0.4, -0.2) is 20.1 Å². The van der Waals surface area contributed by atoms with Crippen LogP contribution in [0.4, 0.5) is 0 Å². The SMILES string of the molecule is COc1ccc(C(C)NC(=O)CCc2cccc(C)c2)c(OC)c1. The second-order valence-electron chi connectivity index (χ2n) is 5.89. The van der Waals surface area contributed by atoms with Gasteiger partial charge < -0.3 is 14.8 Å². The number of nitrogens with one attached hydrogen (secondary N) is 1. The molecule has 128 valence electrons. The van der Waals surface area contributed by atoms with Crippen LogP contribution in [0.1, 0.15) is 36.1 Å². The lowest BCUT2D eigenvalue weighted by Crippen LogP contribution is -2.27. The van der Waals surface area contributed by atoms with E-state index in [0.29, 0.717) is 12.2 Å². The van der Waals surface area contributed by atoms with E-state index in [4.69, 9.17) is 9.47 Å². The predicted octanol–water partition coefficient (Wildman–Crippen LogP) is 3.82. The molecule has 0 radical (unpaired) electrons. The van der Waals surface area contributed by atoms with E-state index in [1.165, 1.54) is 11.1 Å². The molecule has 0 aliphatic carbocycles. The second kappa shape index (κ2) is 8.39. The van der Waals surface area contributed by atoms with Crippen molar-refractivity contribution in [2.45, 2.75) is 32.7 Å². The molecule has 0 heterocycles. The van der Waals surface area contributed by atoms with Gasteiger partial charge in [-0.05, 0) is 38.0 Å². The molecule has 1 atom stereocenters. The van der Waals surface area contributed by atoms with E-state index < -0.39 is 0 Å². The summed E-state index contributed by atoms with van der Waals surface area (Å²) >= 11 is 0. The minimum absolute atomic E-state index is 0.0295. The summed E-state index contributed by atoms with van der Waals surface area (Å²) in [4.78, 5) is 12.2. The van der Waals surface area contributed by atoms with E-state index in [-0.39, 0.29) is 11.9 Å². The highest BCUT2D eigenvalue weighted by molar-refractivity contribution is 5.76. The topological polar surface area (TPSA) is 47.6 Å². The number of amides is 1. The van der Waals surface area contributed by atoms with Gasteiger partial charge in [0.15, 0.2) is 0 Å². The number of aryl methyl sites for hydroxylation is 2. The highest BCUT2D eigenvalue weighted by Crippen LogP contribution is 2.29. The molecule has 0 saturated carbocycles. The Morgan fingerprint density at radius 3 is 2.58 bits per heavy atom. The second-order valence-corrected chi connectivity index (χ2v) is 5.89. The number of methoxy groups -OCH3 is 2. The van der Waals surface area contributed by atoms with Crippen molar-refractivity contribution in [2.75, 3.05) is 14.2 Å². The van der Waals surface area contributed by atoms with Crippen molar-refractivity contribution >= 4 is 5.91 Å². The van der Waals surface area contributed by atoms with Gasteiger partial charge in [-0.3, -0.25) is 4.79 Å². The summed E-state index contributed by atoms with van der Waals surface area (Å²) in [6.07, 6.45) is 1.20. The predicted molar refractivity (Wildman–Crippen MR) is 95.6 cm³/mol. The summed E-state index contributed by atoms with van der Waals surface area (Å²) in [6.45, 7) is 4.01. The summed E-state index contributed by atoms with van der Waals surface area (Å²) < 4.78 is 10.6. The fraction of sp³-hybridized carbons (Fsp3) is 0.350. The van der Waals surface area contributed by atoms with Crippen LogP contribution in [0.2, 0.25) is 0 Å². The van der Waals surface area contributed by atoms with Crippen LogP contribution < -0.4 is 14.8 Å². The van der Waals surface area contributed by atoms with Gasteiger partial charge in [-0.1, -0.05) is 29.8 Å². The van der Waals surface area contributed by atoms with Gasteiger partial charge in [0.2, 0.25) is 5.91 Å². The van der Waals surface area contributed by atoms with Gasteiger partial charge in [-0.25, -0.2) is 0 Å². The molecular weight excluding hydrogens is 302 g/mol. The van der Waals surface area contributed by atoms with Gasteiger partial charge in [-0.2, -0.15) is 0 Å². The lowest BCUT2D eigenvalue weighted by atomic mass is 10.0. The van der Waals surface area contributed by atoms with Crippen molar-refractivity contribution < 1.29 is 14.3 Å². The smallest absolute Gasteiger partial charge is 0.220 e. The summed E-state index contributed by atoms with van der Waals surface area (Å²) in [7, 11) is 3.23. The van der Waals surface area contributed by atoms with E-state index in [0.717, 1.165) is 17.7 Å². The van der Waals surface area contributed by atoms with Crippen LogP contribution in [0.3, 0.4) is 0 Å². The van der Waals surface area contributed by atoms with Gasteiger partial charge in [-0.15, -0.1) is 0 Å². The lowest BCUT2D eigenvalue weighted by Gasteiger charge is -2.18. The van der Waals surface area contributed by atoms with Gasteiger partial charge in [0.05, 0.1) is 20.3 Å². The van der Waals surface area contributed by atoms with Crippen LogP contribution in [-0.2, 0) is 11.2 Å². The number of rotatable bonds is 7. The Labute approximate surface area is 143 Å². The molecule has 24 heavy (non-hydrogen) atoms. The molecule has 1 amide bonds. The van der Waals surface area contributed by atoms with Crippen molar-refractivity contribution in [3.63, 3.8) is 0 Å². The average molecular weight is 327 g/mol. The quantitative estimate of drug-likeness (QED) is 0.841. The van der Waals surface area contributed by atoms with Crippen molar-refractivity contribution in [3.8, 4) is 11.5 Å². The van der Waals surface area contributed by atoms with E-state index in [1.54, 1.807) is 14.2 Å². The number of hydrogen-bond donors (Lipinski definition) is 1. The molecule has 4 nitrogen and oxygen atoms in total. The van der Waals surface area contributed by atoms with Crippen LogP contribution >= 0.6 is 0 Å². The molecule has 2 rings (SSSR count). The molecule has 0 aliphatic rings. The number of benzene rings is 2. The minimum Gasteiger partial charge on any atom is -0.497 e. The molecule has 2 aromatic carbocycles. The third-order valence-electron chi connectivity index (χ3n) is 4.01. The van der Waals surface area contributed by atoms with E-state index in [2.05, 4.69) is 30.4 Å². The average Bonchev–Trinajstić information content (AvgIpc) is 2.59. The maximum atomic E-state index is 12.2. The van der Waals surface area contributed by atoms with Crippen molar-refractivity contribution in [1.29, 1.82) is 0 Å². The van der Waals surface area contributed by atoms with Gasteiger partial charge in [0, 0.05) is 18.1 Å². The summed E-state index contributed by atoms with van der Waals surface area (Å²) in [6, 6.07) is 13.7. The Kier molecular flexibility index (Phi) is 6.24. The van der Waals surface area contributed by atoms with Crippen molar-refractivity contribution in [3.05, 3.63) is 59.2 Å². The number of carbonyl (C=O) groups excluding carboxylic acids is 1. The zero-order chi connectivity index (χ0) is 17.5. The minimum atomic E-state index is -0.129. The molecule has 0 saturated heterocycles. The molecule has 1 unspecified atom stereocenters. The first-order valence-electron chi connectivity index (χ1n) is 8.10. The van der Waals surface area contributed by atoms with Crippen LogP contribution in [0.5, 0.6) is 11.5 Å². The summed E-state index contributed by atoms with van der Waals surface area (Å²) in [5, 5.41) is 3.03. The summed E-state index contributed by atoms with van der Waals surface area (Å²) in [5.74, 6) is 1.47. The van der Waals surface area contributed by atoms with Gasteiger partial charge in [0.25, 0.3) is 0 Å². The largest absolute Gasteiger partial charge is 0.497 e. The molecule has 2 aromatic rings. The molecule has 0 fully saturated rings. The standard InChI is InChI=1S/C20H25NO3/c1-14-6-5-7-16(12-14)8-11-20(22)21-15(2)18-10-9-17(23-3)13-19(18)24-4/h5-7,9-10,12-13,15H,8,11H2,1-4H3,(H,21,22). The normalized spacial score (nSPS) is 11.7. The zero-order valence-corrected chi connectivity index (χ0v) is 14.8. The lowest BCUT2D eigenvalue weighted by molar-refractivity contribution is -0.121. The zero-order valence-electron chi connectivity index (χ0n) is 14.8. The molecule has 4 heteroatoms. The first-order valence-corrected chi connectivity index (χ1v) is 8.10. The molecule has 0 aromatic heterocycles. The third-order valence-corrected chi connectivity index (χ3v) is 4.01. The van der Waals surface area contributed by atoms with Crippen LogP contribution in [0, 0.1) is 6.92 Å². The number of carbonyl (C=O) groups is 1. The molecular formula is C20H25NO3. The highest BCUT2D eigenvalue weighted by Gasteiger charge is 2.15. The number of ether oxygens (including phenoxy) is 2. The monoisotopic (exact) mass is 327 g/mol. The fourth-order valence-corrected chi connectivity index (χ4v) is 2.69. The molecule has 0 spiro atoms. The first-order chi connectivity index (χ1) is 11.5. The molecule has 1 N–H and O–H groups in total. The fourth-order valence-electron chi connectivity index (χ4n) is 2.69. The Morgan fingerprint density at radius 1 is 1.12 bits per heavy atom. The van der Waals surface area contributed by atoms with Gasteiger partial charge >= 0.3 is 0 Å². The van der Waals surface area contributed by atoms with E-state index in [1.807, 2.05) is 31.2 Å². The maximum absolute atomic E-state index is 12.2. The Morgan fingerprint density at radius 2 is 1.92 bits per heavy atom. The Balaban J connectivity index is 1.96. The molecule has 0 bridgehead atoms. The highest BCUT2D eigenvalue weighted by atomic mass is 16.5. The molecule has 0 aliphatic heterocycles. The van der Waals surface area contributed by atoms with Crippen molar-refractivity contribution in [1.82, 2.24) is 5.32 Å². The van der Waals surface area contributed by atoms with Gasteiger partial charge in [0.1, 0.15) is 11.5 Å². The Bertz CT molecular complexity index is 697. The van der Waals surface area contributed by atoms with Crippen molar-refractivity contribution in [2.24, 2.45) is 0 Å². The third kappa shape index (κ3) is 4.75. The number of hydrogen-bond acceptors (Lipinski definition) is 3. The first kappa shape index (κ1) is 17.9. The maximum Gasteiger partial charge on any atom is 0.220 e. The van der Waals surface area contributed by atoms with Crippen LogP contribution in [0.25, 0.3) is 0 Å². The van der Waals surface area contributed by atoms with E-state index >= 15 is 0 Å². The van der Waals surface area contributed by atoms with Crippen LogP contribution in [0.15, 0.2) is 42.5 Å².